The van der Waals surface area contributed by atoms with Crippen LogP contribution in [0.4, 0.5) is 4.39 Å². The first kappa shape index (κ1) is 19.0. The van der Waals surface area contributed by atoms with E-state index in [0.717, 1.165) is 16.5 Å². The molecule has 0 unspecified atom stereocenters. The smallest absolute Gasteiger partial charge is 0.257 e. The van der Waals surface area contributed by atoms with Gasteiger partial charge in [-0.3, -0.25) is 4.79 Å². The minimum Gasteiger partial charge on any atom is -0.486 e. The first-order chi connectivity index (χ1) is 13.0. The van der Waals surface area contributed by atoms with E-state index in [4.69, 9.17) is 4.74 Å². The highest BCUT2D eigenvalue weighted by atomic mass is 32.1. The zero-order chi connectivity index (χ0) is 19.2. The van der Waals surface area contributed by atoms with E-state index in [1.807, 2.05) is 49.6 Å². The van der Waals surface area contributed by atoms with Crippen LogP contribution in [0.5, 0.6) is 5.75 Å². The lowest BCUT2D eigenvalue weighted by Crippen LogP contribution is -2.37. The Morgan fingerprint density at radius 3 is 2.56 bits per heavy atom. The summed E-state index contributed by atoms with van der Waals surface area (Å²) in [4.78, 5) is 18.9. The largest absolute Gasteiger partial charge is 0.486 e. The summed E-state index contributed by atoms with van der Waals surface area (Å²) >= 11 is 1.49. The molecule has 4 nitrogen and oxygen atoms in total. The van der Waals surface area contributed by atoms with Gasteiger partial charge in [0.15, 0.2) is 0 Å². The standard InChI is InChI=1S/C21H21FN2O2S/c1-15(2)24(21(25)18-10-6-7-11-19(18)22)12-16-14-27-20(23-16)13-26-17-8-4-3-5-9-17/h3-11,14-15H,12-13H2,1-2H3. The van der Waals surface area contributed by atoms with Gasteiger partial charge in [0.05, 0.1) is 17.8 Å². The summed E-state index contributed by atoms with van der Waals surface area (Å²) in [7, 11) is 0. The van der Waals surface area contributed by atoms with E-state index in [0.29, 0.717) is 13.2 Å². The molecule has 0 saturated heterocycles. The van der Waals surface area contributed by atoms with E-state index < -0.39 is 5.82 Å². The molecule has 0 saturated carbocycles. The molecular weight excluding hydrogens is 363 g/mol. The molecule has 0 aliphatic carbocycles. The number of aromatic nitrogens is 1. The Morgan fingerprint density at radius 2 is 1.85 bits per heavy atom. The Bertz CT molecular complexity index is 896. The van der Waals surface area contributed by atoms with Gasteiger partial charge in [0.25, 0.3) is 5.91 Å². The number of hydrogen-bond donors (Lipinski definition) is 0. The summed E-state index contributed by atoms with van der Waals surface area (Å²) in [6.07, 6.45) is 0. The number of rotatable bonds is 7. The number of benzene rings is 2. The number of carbonyl (C=O) groups excluding carboxylic acids is 1. The maximum atomic E-state index is 14.0. The summed E-state index contributed by atoms with van der Waals surface area (Å²) in [5.74, 6) is -0.0608. The van der Waals surface area contributed by atoms with Crippen molar-refractivity contribution in [2.45, 2.75) is 33.0 Å². The van der Waals surface area contributed by atoms with Crippen molar-refractivity contribution >= 4 is 17.2 Å². The Balaban J connectivity index is 1.68. The Hall–Kier alpha value is -2.73. The number of amides is 1. The molecule has 0 atom stereocenters. The predicted molar refractivity (Wildman–Crippen MR) is 104 cm³/mol. The van der Waals surface area contributed by atoms with Crippen LogP contribution in [-0.2, 0) is 13.2 Å². The number of ether oxygens (including phenoxy) is 1. The van der Waals surface area contributed by atoms with E-state index in [1.165, 1.54) is 23.5 Å². The molecule has 0 radical (unpaired) electrons. The molecule has 1 amide bonds. The quantitative estimate of drug-likeness (QED) is 0.581. The van der Waals surface area contributed by atoms with Gasteiger partial charge in [0, 0.05) is 11.4 Å². The van der Waals surface area contributed by atoms with Crippen LogP contribution >= 0.6 is 11.3 Å². The van der Waals surface area contributed by atoms with Crippen molar-refractivity contribution in [3.63, 3.8) is 0 Å². The fourth-order valence-corrected chi connectivity index (χ4v) is 3.30. The van der Waals surface area contributed by atoms with Crippen LogP contribution in [0.15, 0.2) is 60.0 Å². The molecule has 140 valence electrons. The van der Waals surface area contributed by atoms with Crippen LogP contribution in [0.1, 0.15) is 34.9 Å². The molecule has 0 aliphatic rings. The lowest BCUT2D eigenvalue weighted by Gasteiger charge is -2.26. The minimum atomic E-state index is -0.511. The number of halogens is 1. The minimum absolute atomic E-state index is 0.0778. The molecule has 1 heterocycles. The van der Waals surface area contributed by atoms with E-state index in [9.17, 15) is 9.18 Å². The normalized spacial score (nSPS) is 10.8. The van der Waals surface area contributed by atoms with Crippen LogP contribution in [0.25, 0.3) is 0 Å². The van der Waals surface area contributed by atoms with Crippen molar-refractivity contribution in [2.24, 2.45) is 0 Å². The summed E-state index contributed by atoms with van der Waals surface area (Å²) < 4.78 is 19.7. The Kier molecular flexibility index (Phi) is 6.19. The van der Waals surface area contributed by atoms with Crippen LogP contribution in [0.3, 0.4) is 0 Å². The average molecular weight is 384 g/mol. The third-order valence-electron chi connectivity index (χ3n) is 4.03. The second-order valence-corrected chi connectivity index (χ2v) is 7.28. The molecule has 6 heteroatoms. The molecule has 27 heavy (non-hydrogen) atoms. The number of thiazole rings is 1. The lowest BCUT2D eigenvalue weighted by atomic mass is 10.1. The Labute approximate surface area is 162 Å². The topological polar surface area (TPSA) is 42.4 Å². The third-order valence-corrected chi connectivity index (χ3v) is 4.90. The fourth-order valence-electron chi connectivity index (χ4n) is 2.60. The highest BCUT2D eigenvalue weighted by Crippen LogP contribution is 2.19. The molecule has 0 N–H and O–H groups in total. The van der Waals surface area contributed by atoms with Crippen LogP contribution in [-0.4, -0.2) is 21.8 Å². The molecule has 0 bridgehead atoms. The number of para-hydroxylation sites is 1. The highest BCUT2D eigenvalue weighted by molar-refractivity contribution is 7.09. The molecular formula is C21H21FN2O2S. The van der Waals surface area contributed by atoms with E-state index in [2.05, 4.69) is 4.98 Å². The number of nitrogens with zero attached hydrogens (tertiary/aromatic N) is 2. The number of carbonyl (C=O) groups is 1. The van der Waals surface area contributed by atoms with Crippen molar-refractivity contribution in [3.8, 4) is 5.75 Å². The van der Waals surface area contributed by atoms with Crippen LogP contribution < -0.4 is 4.74 Å². The van der Waals surface area contributed by atoms with Gasteiger partial charge in [0.2, 0.25) is 0 Å². The van der Waals surface area contributed by atoms with Gasteiger partial charge in [-0.05, 0) is 38.1 Å². The van der Waals surface area contributed by atoms with Crippen LogP contribution in [0, 0.1) is 5.82 Å². The van der Waals surface area contributed by atoms with Crippen LogP contribution in [0.2, 0.25) is 0 Å². The van der Waals surface area contributed by atoms with Gasteiger partial charge in [0.1, 0.15) is 23.2 Å². The molecule has 0 aliphatic heterocycles. The first-order valence-electron chi connectivity index (χ1n) is 8.71. The molecule has 3 aromatic rings. The summed E-state index contributed by atoms with van der Waals surface area (Å²) in [6, 6.07) is 15.5. The van der Waals surface area contributed by atoms with Gasteiger partial charge in [-0.1, -0.05) is 30.3 Å². The maximum Gasteiger partial charge on any atom is 0.257 e. The average Bonchev–Trinajstić information content (AvgIpc) is 3.12. The van der Waals surface area contributed by atoms with Gasteiger partial charge in [-0.15, -0.1) is 11.3 Å². The van der Waals surface area contributed by atoms with Gasteiger partial charge in [-0.25, -0.2) is 9.37 Å². The van der Waals surface area contributed by atoms with Gasteiger partial charge >= 0.3 is 0 Å². The van der Waals surface area contributed by atoms with Crippen molar-refractivity contribution in [2.75, 3.05) is 0 Å². The predicted octanol–water partition coefficient (Wildman–Crippen LogP) is 4.91. The first-order valence-corrected chi connectivity index (χ1v) is 9.59. The van der Waals surface area contributed by atoms with Crippen molar-refractivity contribution in [1.29, 1.82) is 0 Å². The SMILES string of the molecule is CC(C)N(Cc1csc(COc2ccccc2)n1)C(=O)c1ccccc1F. The fraction of sp³-hybridized carbons (Fsp3) is 0.238. The van der Waals surface area contributed by atoms with Crippen molar-refractivity contribution in [1.82, 2.24) is 9.88 Å². The summed E-state index contributed by atoms with van der Waals surface area (Å²) in [5.41, 5.74) is 0.846. The van der Waals surface area contributed by atoms with Crippen molar-refractivity contribution in [3.05, 3.63) is 82.1 Å². The molecule has 2 aromatic carbocycles. The maximum absolute atomic E-state index is 14.0. The summed E-state index contributed by atoms with van der Waals surface area (Å²) in [5, 5.41) is 2.74. The third kappa shape index (κ3) is 4.92. The molecule has 0 spiro atoms. The monoisotopic (exact) mass is 384 g/mol. The van der Waals surface area contributed by atoms with E-state index in [-0.39, 0.29) is 17.5 Å². The molecule has 1 aromatic heterocycles. The summed E-state index contributed by atoms with van der Waals surface area (Å²) in [6.45, 7) is 4.51. The van der Waals surface area contributed by atoms with E-state index >= 15 is 0 Å². The second-order valence-electron chi connectivity index (χ2n) is 6.34. The van der Waals surface area contributed by atoms with Gasteiger partial charge < -0.3 is 9.64 Å². The lowest BCUT2D eigenvalue weighted by molar-refractivity contribution is 0.0683. The van der Waals surface area contributed by atoms with Crippen molar-refractivity contribution < 1.29 is 13.9 Å². The zero-order valence-electron chi connectivity index (χ0n) is 15.3. The zero-order valence-corrected chi connectivity index (χ0v) is 16.1. The highest BCUT2D eigenvalue weighted by Gasteiger charge is 2.22. The molecule has 3 rings (SSSR count). The molecule has 0 fully saturated rings. The number of hydrogen-bond acceptors (Lipinski definition) is 4. The van der Waals surface area contributed by atoms with Gasteiger partial charge in [-0.2, -0.15) is 0 Å². The van der Waals surface area contributed by atoms with E-state index in [1.54, 1.807) is 17.0 Å². The second kappa shape index (κ2) is 8.77. The Morgan fingerprint density at radius 1 is 1.15 bits per heavy atom.